The highest BCUT2D eigenvalue weighted by atomic mass is 16.2. The number of carbonyl (C=O) groups is 2. The number of para-hydroxylation sites is 1. The number of rotatable bonds is 3. The van der Waals surface area contributed by atoms with E-state index in [1.165, 1.54) is 12.8 Å². The van der Waals surface area contributed by atoms with E-state index in [0.29, 0.717) is 11.1 Å². The van der Waals surface area contributed by atoms with Crippen molar-refractivity contribution in [3.05, 3.63) is 36.0 Å². The maximum atomic E-state index is 12.6. The summed E-state index contributed by atoms with van der Waals surface area (Å²) < 4.78 is 0. The fraction of sp³-hybridized carbons (Fsp3) is 0.474. The number of hydrogen-bond donors (Lipinski definition) is 2. The van der Waals surface area contributed by atoms with Crippen LogP contribution in [0.3, 0.4) is 0 Å². The molecule has 1 spiro atoms. The van der Waals surface area contributed by atoms with Crippen molar-refractivity contribution in [2.45, 2.75) is 38.6 Å². The summed E-state index contributed by atoms with van der Waals surface area (Å²) in [4.78, 5) is 30.0. The maximum Gasteiger partial charge on any atom is 0.268 e. The molecule has 5 heteroatoms. The number of aromatic nitrogens is 1. The normalized spacial score (nSPS) is 20.1. The van der Waals surface area contributed by atoms with Crippen LogP contribution >= 0.6 is 0 Å². The molecule has 0 bridgehead atoms. The zero-order valence-electron chi connectivity index (χ0n) is 14.0. The monoisotopic (exact) mass is 325 g/mol. The minimum absolute atomic E-state index is 0.0231. The second kappa shape index (κ2) is 5.65. The number of nitrogens with zero attached hydrogens (tertiary/aromatic N) is 1. The average molecular weight is 325 g/mol. The number of hydrogen-bond acceptors (Lipinski definition) is 2. The van der Waals surface area contributed by atoms with Crippen LogP contribution in [0.5, 0.6) is 0 Å². The van der Waals surface area contributed by atoms with Crippen molar-refractivity contribution in [2.75, 3.05) is 13.1 Å². The predicted octanol–water partition coefficient (Wildman–Crippen LogP) is 2.69. The van der Waals surface area contributed by atoms with Crippen LogP contribution in [-0.2, 0) is 4.79 Å². The summed E-state index contributed by atoms with van der Waals surface area (Å²) in [5.41, 5.74) is 1.96. The Morgan fingerprint density at radius 2 is 1.88 bits per heavy atom. The summed E-state index contributed by atoms with van der Waals surface area (Å²) in [7, 11) is 0. The molecule has 1 saturated carbocycles. The smallest absolute Gasteiger partial charge is 0.268 e. The third-order valence-electron chi connectivity index (χ3n) is 5.59. The molecular weight excluding hydrogens is 302 g/mol. The Labute approximate surface area is 141 Å². The Bertz CT molecular complexity index is 748. The Morgan fingerprint density at radius 3 is 2.54 bits per heavy atom. The molecule has 24 heavy (non-hydrogen) atoms. The molecule has 1 aromatic heterocycles. The zero-order chi connectivity index (χ0) is 16.7. The molecule has 1 aliphatic carbocycles. The molecule has 2 fully saturated rings. The van der Waals surface area contributed by atoms with E-state index in [-0.39, 0.29) is 11.8 Å². The van der Waals surface area contributed by atoms with Crippen LogP contribution in [0.25, 0.3) is 10.9 Å². The van der Waals surface area contributed by atoms with Crippen molar-refractivity contribution in [3.63, 3.8) is 0 Å². The van der Waals surface area contributed by atoms with Gasteiger partial charge in [0.25, 0.3) is 5.91 Å². The third kappa shape index (κ3) is 2.79. The molecule has 0 radical (unpaired) electrons. The Morgan fingerprint density at radius 1 is 1.17 bits per heavy atom. The topological polar surface area (TPSA) is 65.2 Å². The molecule has 1 atom stereocenters. The van der Waals surface area contributed by atoms with Crippen molar-refractivity contribution < 1.29 is 9.59 Å². The number of carbonyl (C=O) groups excluding carboxylic acids is 2. The Hall–Kier alpha value is -2.30. The summed E-state index contributed by atoms with van der Waals surface area (Å²) in [5, 5.41) is 3.82. The third-order valence-corrected chi connectivity index (χ3v) is 5.59. The zero-order valence-corrected chi connectivity index (χ0v) is 14.0. The molecule has 2 heterocycles. The van der Waals surface area contributed by atoms with Gasteiger partial charge in [0.1, 0.15) is 11.7 Å². The lowest BCUT2D eigenvalue weighted by molar-refractivity contribution is -0.134. The van der Waals surface area contributed by atoms with E-state index in [1.54, 1.807) is 6.92 Å². The highest BCUT2D eigenvalue weighted by Crippen LogP contribution is 2.53. The van der Waals surface area contributed by atoms with Gasteiger partial charge in [-0.3, -0.25) is 9.59 Å². The summed E-state index contributed by atoms with van der Waals surface area (Å²) in [6, 6.07) is 9.07. The van der Waals surface area contributed by atoms with Crippen molar-refractivity contribution in [3.8, 4) is 0 Å². The van der Waals surface area contributed by atoms with Gasteiger partial charge in [-0.15, -0.1) is 0 Å². The van der Waals surface area contributed by atoms with E-state index < -0.39 is 6.04 Å². The molecule has 2 aromatic rings. The lowest BCUT2D eigenvalue weighted by Crippen LogP contribution is -2.49. The van der Waals surface area contributed by atoms with Crippen LogP contribution in [0.1, 0.15) is 43.1 Å². The van der Waals surface area contributed by atoms with Crippen LogP contribution < -0.4 is 5.32 Å². The van der Waals surface area contributed by atoms with E-state index in [1.807, 2.05) is 35.2 Å². The quantitative estimate of drug-likeness (QED) is 0.911. The van der Waals surface area contributed by atoms with Crippen molar-refractivity contribution in [1.82, 2.24) is 15.2 Å². The van der Waals surface area contributed by atoms with Crippen molar-refractivity contribution in [1.29, 1.82) is 0 Å². The van der Waals surface area contributed by atoms with Crippen molar-refractivity contribution in [2.24, 2.45) is 5.41 Å². The van der Waals surface area contributed by atoms with E-state index in [2.05, 4.69) is 10.3 Å². The van der Waals surface area contributed by atoms with Gasteiger partial charge >= 0.3 is 0 Å². The first-order valence-corrected chi connectivity index (χ1v) is 8.74. The molecule has 1 aromatic carbocycles. The van der Waals surface area contributed by atoms with Crippen LogP contribution in [0.2, 0.25) is 0 Å². The Kier molecular flexibility index (Phi) is 3.59. The summed E-state index contributed by atoms with van der Waals surface area (Å²) in [6.45, 7) is 3.42. The first-order valence-electron chi connectivity index (χ1n) is 8.74. The highest BCUT2D eigenvalue weighted by Gasteiger charge is 2.45. The fourth-order valence-corrected chi connectivity index (χ4v) is 3.68. The van der Waals surface area contributed by atoms with E-state index >= 15 is 0 Å². The maximum absolute atomic E-state index is 12.6. The first kappa shape index (κ1) is 15.2. The number of nitrogens with one attached hydrogen (secondary N) is 2. The van der Waals surface area contributed by atoms with Gasteiger partial charge in [-0.05, 0) is 50.2 Å². The predicted molar refractivity (Wildman–Crippen MR) is 92.7 cm³/mol. The van der Waals surface area contributed by atoms with Gasteiger partial charge in [-0.1, -0.05) is 18.2 Å². The second-order valence-electron chi connectivity index (χ2n) is 7.29. The van der Waals surface area contributed by atoms with E-state index in [4.69, 9.17) is 0 Å². The van der Waals surface area contributed by atoms with Crippen LogP contribution in [0.4, 0.5) is 0 Å². The standard InChI is InChI=1S/C19H23N3O2/c1-13(18(24)22-10-8-19(6-7-19)9-11-22)20-17(23)16-12-14-4-2-3-5-15(14)21-16/h2-5,12-13,21H,6-11H2,1H3,(H,20,23)/t13-/m0/s1. The number of aromatic amines is 1. The summed E-state index contributed by atoms with van der Waals surface area (Å²) >= 11 is 0. The molecule has 5 nitrogen and oxygen atoms in total. The van der Waals surface area contributed by atoms with Gasteiger partial charge in [0, 0.05) is 24.0 Å². The minimum atomic E-state index is -0.503. The number of benzene rings is 1. The number of likely N-dealkylation sites (tertiary alicyclic amines) is 1. The number of piperidine rings is 1. The molecular formula is C19H23N3O2. The SMILES string of the molecule is C[C@H](NC(=O)c1cc2ccccc2[nH]1)C(=O)N1CCC2(CC1)CC2. The number of amides is 2. The molecule has 126 valence electrons. The fourth-order valence-electron chi connectivity index (χ4n) is 3.68. The first-order chi connectivity index (χ1) is 11.6. The molecule has 1 aliphatic heterocycles. The van der Waals surface area contributed by atoms with Crippen LogP contribution in [-0.4, -0.2) is 40.8 Å². The molecule has 4 rings (SSSR count). The molecule has 2 N–H and O–H groups in total. The van der Waals surface area contributed by atoms with Crippen LogP contribution in [0.15, 0.2) is 30.3 Å². The van der Waals surface area contributed by atoms with Gasteiger partial charge in [0.05, 0.1) is 0 Å². The summed E-state index contributed by atoms with van der Waals surface area (Å²) in [6.07, 6.45) is 4.87. The lowest BCUT2D eigenvalue weighted by Gasteiger charge is -2.33. The van der Waals surface area contributed by atoms with Crippen LogP contribution in [0, 0.1) is 5.41 Å². The van der Waals surface area contributed by atoms with Gasteiger partial charge in [-0.2, -0.15) is 0 Å². The van der Waals surface area contributed by atoms with Gasteiger partial charge in [0.15, 0.2) is 0 Å². The molecule has 2 amide bonds. The van der Waals surface area contributed by atoms with Crippen molar-refractivity contribution >= 4 is 22.7 Å². The highest BCUT2D eigenvalue weighted by molar-refractivity contribution is 6.00. The van der Waals surface area contributed by atoms with Gasteiger partial charge in [0.2, 0.25) is 5.91 Å². The van der Waals surface area contributed by atoms with E-state index in [9.17, 15) is 9.59 Å². The summed E-state index contributed by atoms with van der Waals surface area (Å²) in [5.74, 6) is -0.210. The second-order valence-corrected chi connectivity index (χ2v) is 7.29. The van der Waals surface area contributed by atoms with Gasteiger partial charge < -0.3 is 15.2 Å². The minimum Gasteiger partial charge on any atom is -0.351 e. The molecule has 0 unspecified atom stereocenters. The number of H-pyrrole nitrogens is 1. The molecule has 1 saturated heterocycles. The largest absolute Gasteiger partial charge is 0.351 e. The lowest BCUT2D eigenvalue weighted by atomic mass is 9.93. The Balaban J connectivity index is 1.38. The number of fused-ring (bicyclic) bond motifs is 1. The van der Waals surface area contributed by atoms with E-state index in [0.717, 1.165) is 36.8 Å². The van der Waals surface area contributed by atoms with Gasteiger partial charge in [-0.25, -0.2) is 0 Å². The average Bonchev–Trinajstić information content (AvgIpc) is 3.20. The molecule has 2 aliphatic rings.